The summed E-state index contributed by atoms with van der Waals surface area (Å²) in [6.07, 6.45) is 2.63. The molecule has 4 rings (SSSR count). The predicted molar refractivity (Wildman–Crippen MR) is 106 cm³/mol. The molecule has 1 atom stereocenters. The quantitative estimate of drug-likeness (QED) is 0.671. The Morgan fingerprint density at radius 2 is 1.79 bits per heavy atom. The average Bonchev–Trinajstić information content (AvgIpc) is 2.91. The number of nitrogens with zero attached hydrogens (tertiary/aromatic N) is 2. The van der Waals surface area contributed by atoms with E-state index in [-0.39, 0.29) is 12.2 Å². The summed E-state index contributed by atoms with van der Waals surface area (Å²) < 4.78 is 0. The minimum Gasteiger partial charge on any atom is -0.375 e. The summed E-state index contributed by atoms with van der Waals surface area (Å²) >= 11 is 6.13. The number of hydrogen-bond acceptors (Lipinski definition) is 4. The van der Waals surface area contributed by atoms with Crippen LogP contribution in [-0.2, 0) is 16.9 Å². The molecular formula is C22H17ClN2O3. The molecule has 0 fully saturated rings. The van der Waals surface area contributed by atoms with Gasteiger partial charge in [-0.2, -0.15) is 0 Å². The minimum absolute atomic E-state index is 0.292. The van der Waals surface area contributed by atoms with Crippen molar-refractivity contribution in [2.45, 2.75) is 18.6 Å². The number of anilines is 1. The van der Waals surface area contributed by atoms with Gasteiger partial charge in [0.25, 0.3) is 5.91 Å². The number of benzene rings is 2. The highest BCUT2D eigenvalue weighted by molar-refractivity contribution is 6.31. The standard InChI is InChI=1S/C22H17ClN2O3/c23-17-6-7-19-18(12-17)22(28,13-20(26)16-8-10-24-11-9-16)21(27)25(19)14-15-4-2-1-3-5-15/h1-12,28H,13-14H2. The van der Waals surface area contributed by atoms with Crippen LogP contribution in [-0.4, -0.2) is 21.8 Å². The molecule has 1 aliphatic rings. The second-order valence-corrected chi connectivity index (χ2v) is 7.17. The Morgan fingerprint density at radius 3 is 2.50 bits per heavy atom. The van der Waals surface area contributed by atoms with Crippen LogP contribution in [0.15, 0.2) is 73.1 Å². The Kier molecular flexibility index (Phi) is 4.71. The molecule has 0 spiro atoms. The molecule has 28 heavy (non-hydrogen) atoms. The van der Waals surface area contributed by atoms with E-state index in [4.69, 9.17) is 11.6 Å². The van der Waals surface area contributed by atoms with Gasteiger partial charge in [0.2, 0.25) is 0 Å². The molecule has 5 nitrogen and oxygen atoms in total. The summed E-state index contributed by atoms with van der Waals surface area (Å²) in [5.41, 5.74) is 0.254. The van der Waals surface area contributed by atoms with E-state index >= 15 is 0 Å². The van der Waals surface area contributed by atoms with Crippen molar-refractivity contribution in [1.29, 1.82) is 0 Å². The summed E-state index contributed by atoms with van der Waals surface area (Å²) in [5.74, 6) is -0.873. The fraction of sp³-hybridized carbons (Fsp3) is 0.136. The third kappa shape index (κ3) is 3.19. The molecule has 0 radical (unpaired) electrons. The molecule has 1 amide bonds. The Balaban J connectivity index is 1.72. The summed E-state index contributed by atoms with van der Waals surface area (Å²) in [4.78, 5) is 31.3. The topological polar surface area (TPSA) is 70.5 Å². The van der Waals surface area contributed by atoms with Gasteiger partial charge in [0.15, 0.2) is 11.4 Å². The average molecular weight is 393 g/mol. The van der Waals surface area contributed by atoms with Gasteiger partial charge in [-0.25, -0.2) is 0 Å². The maximum Gasteiger partial charge on any atom is 0.264 e. The number of Topliss-reactive ketones (excluding diaryl/α,β-unsaturated/α-hetero) is 1. The van der Waals surface area contributed by atoms with Crippen molar-refractivity contribution in [1.82, 2.24) is 4.98 Å². The number of carbonyl (C=O) groups excluding carboxylic acids is 2. The molecule has 0 saturated heterocycles. The first kappa shape index (κ1) is 18.3. The van der Waals surface area contributed by atoms with Crippen LogP contribution in [0.1, 0.15) is 27.9 Å². The van der Waals surface area contributed by atoms with Crippen molar-refractivity contribution in [3.05, 3.63) is 94.8 Å². The van der Waals surface area contributed by atoms with Gasteiger partial charge in [-0.3, -0.25) is 14.6 Å². The molecule has 3 aromatic rings. The fourth-order valence-electron chi connectivity index (χ4n) is 3.49. The number of halogens is 1. The van der Waals surface area contributed by atoms with Crippen LogP contribution in [0.2, 0.25) is 5.02 Å². The van der Waals surface area contributed by atoms with Gasteiger partial charge < -0.3 is 10.0 Å². The number of pyridine rings is 1. The maximum atomic E-state index is 13.2. The van der Waals surface area contributed by atoms with Crippen molar-refractivity contribution in [2.24, 2.45) is 0 Å². The van der Waals surface area contributed by atoms with Gasteiger partial charge in [-0.15, -0.1) is 0 Å². The second kappa shape index (κ2) is 7.19. The van der Waals surface area contributed by atoms with Crippen LogP contribution in [0.25, 0.3) is 0 Å². The van der Waals surface area contributed by atoms with Crippen LogP contribution >= 0.6 is 11.6 Å². The van der Waals surface area contributed by atoms with Crippen molar-refractivity contribution in [3.63, 3.8) is 0 Å². The molecule has 1 N–H and O–H groups in total. The largest absolute Gasteiger partial charge is 0.375 e. The first-order valence-electron chi connectivity index (χ1n) is 8.80. The summed E-state index contributed by atoms with van der Waals surface area (Å²) in [5, 5.41) is 11.7. The highest BCUT2D eigenvalue weighted by atomic mass is 35.5. The number of carbonyl (C=O) groups is 2. The highest BCUT2D eigenvalue weighted by Crippen LogP contribution is 2.44. The van der Waals surface area contributed by atoms with Gasteiger partial charge >= 0.3 is 0 Å². The van der Waals surface area contributed by atoms with Crippen LogP contribution in [0, 0.1) is 0 Å². The highest BCUT2D eigenvalue weighted by Gasteiger charge is 2.51. The van der Waals surface area contributed by atoms with E-state index in [9.17, 15) is 14.7 Å². The molecule has 0 saturated carbocycles. The van der Waals surface area contributed by atoms with Gasteiger partial charge in [0.1, 0.15) is 0 Å². The van der Waals surface area contributed by atoms with E-state index in [0.717, 1.165) is 5.56 Å². The van der Waals surface area contributed by atoms with Gasteiger partial charge in [-0.05, 0) is 35.9 Å². The number of amides is 1. The lowest BCUT2D eigenvalue weighted by Crippen LogP contribution is -2.41. The zero-order chi connectivity index (χ0) is 19.7. The van der Waals surface area contributed by atoms with E-state index in [2.05, 4.69) is 4.98 Å². The van der Waals surface area contributed by atoms with Crippen LogP contribution in [0.3, 0.4) is 0 Å². The smallest absolute Gasteiger partial charge is 0.264 e. The van der Waals surface area contributed by atoms with Gasteiger partial charge in [0.05, 0.1) is 18.7 Å². The molecule has 1 aromatic heterocycles. The number of hydrogen-bond donors (Lipinski definition) is 1. The molecule has 1 unspecified atom stereocenters. The van der Waals surface area contributed by atoms with Crippen molar-refractivity contribution in [2.75, 3.05) is 4.90 Å². The van der Waals surface area contributed by atoms with E-state index in [1.807, 2.05) is 30.3 Å². The lowest BCUT2D eigenvalue weighted by molar-refractivity contribution is -0.136. The monoisotopic (exact) mass is 392 g/mol. The first-order chi connectivity index (χ1) is 13.5. The summed E-state index contributed by atoms with van der Waals surface area (Å²) in [6, 6.07) is 17.5. The Labute approximate surface area is 167 Å². The second-order valence-electron chi connectivity index (χ2n) is 6.73. The zero-order valence-corrected chi connectivity index (χ0v) is 15.6. The third-order valence-corrected chi connectivity index (χ3v) is 5.13. The maximum absolute atomic E-state index is 13.2. The molecule has 2 heterocycles. The summed E-state index contributed by atoms with van der Waals surface area (Å²) in [7, 11) is 0. The Hall–Kier alpha value is -3.02. The first-order valence-corrected chi connectivity index (χ1v) is 9.18. The van der Waals surface area contributed by atoms with Gasteiger partial charge in [-0.1, -0.05) is 41.9 Å². The third-order valence-electron chi connectivity index (χ3n) is 4.90. The van der Waals surface area contributed by atoms with Crippen molar-refractivity contribution < 1.29 is 14.7 Å². The summed E-state index contributed by atoms with van der Waals surface area (Å²) in [6.45, 7) is 0.292. The number of ketones is 1. The lowest BCUT2D eigenvalue weighted by atomic mass is 9.88. The van der Waals surface area contributed by atoms with Crippen LogP contribution in [0.5, 0.6) is 0 Å². The molecule has 6 heteroatoms. The number of rotatable bonds is 5. The van der Waals surface area contributed by atoms with Gasteiger partial charge in [0, 0.05) is 28.5 Å². The number of aromatic nitrogens is 1. The molecule has 0 aliphatic carbocycles. The lowest BCUT2D eigenvalue weighted by Gasteiger charge is -2.23. The Morgan fingerprint density at radius 1 is 1.07 bits per heavy atom. The number of fused-ring (bicyclic) bond motifs is 1. The fourth-order valence-corrected chi connectivity index (χ4v) is 3.66. The SMILES string of the molecule is O=C(CC1(O)C(=O)N(Cc2ccccc2)c2ccc(Cl)cc21)c1ccncc1. The van der Waals surface area contributed by atoms with Crippen LogP contribution in [0.4, 0.5) is 5.69 Å². The Bertz CT molecular complexity index is 1040. The van der Waals surface area contributed by atoms with Crippen molar-refractivity contribution >= 4 is 29.0 Å². The minimum atomic E-state index is -1.96. The van der Waals surface area contributed by atoms with E-state index in [1.165, 1.54) is 17.3 Å². The molecule has 2 aromatic carbocycles. The molecule has 0 bridgehead atoms. The molecular weight excluding hydrogens is 376 g/mol. The predicted octanol–water partition coefficient (Wildman–Crippen LogP) is 3.74. The normalized spacial score (nSPS) is 18.2. The van der Waals surface area contributed by atoms with Crippen LogP contribution < -0.4 is 4.90 Å². The van der Waals surface area contributed by atoms with Crippen molar-refractivity contribution in [3.8, 4) is 0 Å². The zero-order valence-electron chi connectivity index (χ0n) is 14.9. The van der Waals surface area contributed by atoms with E-state index in [1.54, 1.807) is 30.3 Å². The van der Waals surface area contributed by atoms with E-state index in [0.29, 0.717) is 28.4 Å². The van der Waals surface area contributed by atoms with E-state index < -0.39 is 11.5 Å². The molecule has 1 aliphatic heterocycles. The number of aliphatic hydroxyl groups is 1. The molecule has 140 valence electrons.